The van der Waals surface area contributed by atoms with Crippen molar-refractivity contribution in [2.24, 2.45) is 11.3 Å². The Morgan fingerprint density at radius 3 is 3.00 bits per heavy atom. The quantitative estimate of drug-likeness (QED) is 0.919. The molecule has 1 aromatic carbocycles. The first-order chi connectivity index (χ1) is 9.66. The van der Waals surface area contributed by atoms with Crippen LogP contribution < -0.4 is 14.8 Å². The van der Waals surface area contributed by atoms with E-state index in [4.69, 9.17) is 14.2 Å². The number of ether oxygens (including phenoxy) is 3. The van der Waals surface area contributed by atoms with Crippen LogP contribution in [0.25, 0.3) is 0 Å². The van der Waals surface area contributed by atoms with E-state index < -0.39 is 0 Å². The van der Waals surface area contributed by atoms with Crippen molar-refractivity contribution in [1.29, 1.82) is 0 Å². The van der Waals surface area contributed by atoms with Crippen molar-refractivity contribution in [3.8, 4) is 11.5 Å². The van der Waals surface area contributed by atoms with E-state index in [-0.39, 0.29) is 5.41 Å². The van der Waals surface area contributed by atoms with Crippen molar-refractivity contribution in [2.45, 2.75) is 39.0 Å². The van der Waals surface area contributed by atoms with Crippen LogP contribution in [0.1, 0.15) is 25.8 Å². The van der Waals surface area contributed by atoms with Crippen molar-refractivity contribution in [1.82, 2.24) is 5.32 Å². The highest BCUT2D eigenvalue weighted by molar-refractivity contribution is 5.44. The molecule has 1 N–H and O–H groups in total. The normalized spacial score (nSPS) is 32.8. The lowest BCUT2D eigenvalue weighted by molar-refractivity contribution is -0.113. The molecule has 3 aliphatic rings. The Bertz CT molecular complexity index is 528. The van der Waals surface area contributed by atoms with Crippen LogP contribution in [0.3, 0.4) is 0 Å². The third-order valence-corrected chi connectivity index (χ3v) is 5.06. The van der Waals surface area contributed by atoms with Gasteiger partial charge in [-0.05, 0) is 24.1 Å². The van der Waals surface area contributed by atoms with Crippen LogP contribution in [0, 0.1) is 11.3 Å². The first-order valence-electron chi connectivity index (χ1n) is 7.40. The number of rotatable bonds is 3. The minimum atomic E-state index is 0.234. The minimum absolute atomic E-state index is 0.234. The third-order valence-electron chi connectivity index (χ3n) is 5.06. The zero-order chi connectivity index (χ0) is 13.7. The standard InChI is InChI=1S/C16H21NO3/c1-16(2)14(11-5-6-18-15(11)16)17-8-10-3-4-12-13(7-10)20-9-19-12/h3-4,7,11,14-15,17H,5-6,8-9H2,1-2H3/t11-,14+,15+/m0/s1. The van der Waals surface area contributed by atoms with Crippen molar-refractivity contribution in [3.63, 3.8) is 0 Å². The minimum Gasteiger partial charge on any atom is -0.454 e. The van der Waals surface area contributed by atoms with E-state index in [9.17, 15) is 0 Å². The molecule has 1 saturated heterocycles. The Labute approximate surface area is 119 Å². The van der Waals surface area contributed by atoms with Gasteiger partial charge in [0.2, 0.25) is 6.79 Å². The maximum absolute atomic E-state index is 5.83. The van der Waals surface area contributed by atoms with Gasteiger partial charge in [0.25, 0.3) is 0 Å². The molecule has 0 amide bonds. The van der Waals surface area contributed by atoms with Crippen LogP contribution >= 0.6 is 0 Å². The molecule has 0 bridgehead atoms. The number of hydrogen-bond acceptors (Lipinski definition) is 4. The number of hydrogen-bond donors (Lipinski definition) is 1. The van der Waals surface area contributed by atoms with Gasteiger partial charge in [-0.1, -0.05) is 19.9 Å². The summed E-state index contributed by atoms with van der Waals surface area (Å²) in [6.07, 6.45) is 1.63. The van der Waals surface area contributed by atoms with Gasteiger partial charge in [0.15, 0.2) is 11.5 Å². The maximum Gasteiger partial charge on any atom is 0.231 e. The summed E-state index contributed by atoms with van der Waals surface area (Å²) in [6.45, 7) is 6.73. The average Bonchev–Trinajstić information content (AvgIpc) is 3.05. The second-order valence-electron chi connectivity index (χ2n) is 6.61. The topological polar surface area (TPSA) is 39.7 Å². The fraction of sp³-hybridized carbons (Fsp3) is 0.625. The molecule has 1 aromatic rings. The number of benzene rings is 1. The molecule has 108 valence electrons. The molecule has 0 aromatic heterocycles. The van der Waals surface area contributed by atoms with Crippen LogP contribution in [-0.4, -0.2) is 25.5 Å². The molecule has 4 nitrogen and oxygen atoms in total. The summed E-state index contributed by atoms with van der Waals surface area (Å²) in [5, 5.41) is 3.71. The third kappa shape index (κ3) is 1.75. The van der Waals surface area contributed by atoms with Crippen LogP contribution in [0.15, 0.2) is 18.2 Å². The summed E-state index contributed by atoms with van der Waals surface area (Å²) in [5.74, 6) is 2.39. The Balaban J connectivity index is 1.43. The van der Waals surface area contributed by atoms with Gasteiger partial charge in [0, 0.05) is 30.5 Å². The van der Waals surface area contributed by atoms with Crippen molar-refractivity contribution in [2.75, 3.05) is 13.4 Å². The van der Waals surface area contributed by atoms with E-state index in [0.29, 0.717) is 24.9 Å². The number of fused-ring (bicyclic) bond motifs is 2. The smallest absolute Gasteiger partial charge is 0.231 e. The van der Waals surface area contributed by atoms with E-state index in [1.54, 1.807) is 0 Å². The summed E-state index contributed by atoms with van der Waals surface area (Å²) in [7, 11) is 0. The molecule has 2 aliphatic heterocycles. The SMILES string of the molecule is CC1(C)[C@H](NCc2ccc3c(c2)OCO3)[C@@H]2CCO[C@H]21. The largest absolute Gasteiger partial charge is 0.454 e. The fourth-order valence-corrected chi connectivity index (χ4v) is 4.02. The number of nitrogens with one attached hydrogen (secondary N) is 1. The lowest BCUT2D eigenvalue weighted by atomic mass is 9.57. The van der Waals surface area contributed by atoms with Crippen LogP contribution in [0.5, 0.6) is 11.5 Å². The summed E-state index contributed by atoms with van der Waals surface area (Å²) in [4.78, 5) is 0. The molecular weight excluding hydrogens is 254 g/mol. The van der Waals surface area contributed by atoms with E-state index in [2.05, 4.69) is 31.3 Å². The molecular formula is C16H21NO3. The molecule has 0 unspecified atom stereocenters. The zero-order valence-electron chi connectivity index (χ0n) is 12.0. The highest BCUT2D eigenvalue weighted by Crippen LogP contribution is 2.52. The van der Waals surface area contributed by atoms with Crippen molar-refractivity contribution in [3.05, 3.63) is 23.8 Å². The first-order valence-corrected chi connectivity index (χ1v) is 7.40. The first kappa shape index (κ1) is 12.5. The zero-order valence-corrected chi connectivity index (χ0v) is 12.0. The van der Waals surface area contributed by atoms with Crippen LogP contribution in [0.4, 0.5) is 0 Å². The predicted octanol–water partition coefficient (Wildman–Crippen LogP) is 2.32. The molecule has 1 saturated carbocycles. The van der Waals surface area contributed by atoms with Gasteiger partial charge < -0.3 is 19.5 Å². The fourth-order valence-electron chi connectivity index (χ4n) is 4.02. The maximum atomic E-state index is 5.83. The predicted molar refractivity (Wildman–Crippen MR) is 74.8 cm³/mol. The average molecular weight is 275 g/mol. The summed E-state index contributed by atoms with van der Waals surface area (Å²) < 4.78 is 16.6. The monoisotopic (exact) mass is 275 g/mol. The summed E-state index contributed by atoms with van der Waals surface area (Å²) in [6, 6.07) is 6.71. The van der Waals surface area contributed by atoms with E-state index in [0.717, 1.165) is 24.7 Å². The van der Waals surface area contributed by atoms with Gasteiger partial charge in [-0.15, -0.1) is 0 Å². The highest BCUT2D eigenvalue weighted by atomic mass is 16.7. The Kier molecular flexibility index (Phi) is 2.72. The van der Waals surface area contributed by atoms with Crippen molar-refractivity contribution >= 4 is 0 Å². The molecule has 0 spiro atoms. The van der Waals surface area contributed by atoms with Gasteiger partial charge in [-0.2, -0.15) is 0 Å². The van der Waals surface area contributed by atoms with Gasteiger partial charge in [0.1, 0.15) is 0 Å². The summed E-state index contributed by atoms with van der Waals surface area (Å²) >= 11 is 0. The van der Waals surface area contributed by atoms with E-state index in [1.165, 1.54) is 12.0 Å². The Morgan fingerprint density at radius 2 is 2.10 bits per heavy atom. The highest BCUT2D eigenvalue weighted by Gasteiger charge is 2.58. The van der Waals surface area contributed by atoms with E-state index >= 15 is 0 Å². The molecule has 3 atom stereocenters. The van der Waals surface area contributed by atoms with Gasteiger partial charge in [0.05, 0.1) is 6.10 Å². The molecule has 2 heterocycles. The van der Waals surface area contributed by atoms with Gasteiger partial charge >= 0.3 is 0 Å². The second kappa shape index (κ2) is 4.37. The molecule has 0 radical (unpaired) electrons. The molecule has 4 heteroatoms. The Hall–Kier alpha value is -1.26. The lowest BCUT2D eigenvalue weighted by Crippen LogP contribution is -2.65. The molecule has 1 aliphatic carbocycles. The lowest BCUT2D eigenvalue weighted by Gasteiger charge is -2.55. The Morgan fingerprint density at radius 1 is 1.25 bits per heavy atom. The van der Waals surface area contributed by atoms with Crippen LogP contribution in [-0.2, 0) is 11.3 Å². The second-order valence-corrected chi connectivity index (χ2v) is 6.61. The van der Waals surface area contributed by atoms with Gasteiger partial charge in [-0.3, -0.25) is 0 Å². The van der Waals surface area contributed by atoms with Gasteiger partial charge in [-0.25, -0.2) is 0 Å². The van der Waals surface area contributed by atoms with E-state index in [1.807, 2.05) is 6.07 Å². The van der Waals surface area contributed by atoms with Crippen LogP contribution in [0.2, 0.25) is 0 Å². The van der Waals surface area contributed by atoms with Crippen molar-refractivity contribution < 1.29 is 14.2 Å². The molecule has 2 fully saturated rings. The molecule has 20 heavy (non-hydrogen) atoms. The summed E-state index contributed by atoms with van der Waals surface area (Å²) in [5.41, 5.74) is 1.48. The molecule has 4 rings (SSSR count).